The monoisotopic (exact) mass is 374 g/mol. The second-order valence-electron chi connectivity index (χ2n) is 6.54. The molecular formula is C20H22N8. The van der Waals surface area contributed by atoms with Crippen molar-refractivity contribution < 1.29 is 0 Å². The Morgan fingerprint density at radius 3 is 2.64 bits per heavy atom. The molecule has 4 rings (SSSR count). The third-order valence-corrected chi connectivity index (χ3v) is 4.54. The number of nitrogens with zero attached hydrogens (tertiary/aromatic N) is 7. The van der Waals surface area contributed by atoms with Crippen LogP contribution in [0.15, 0.2) is 42.6 Å². The highest BCUT2D eigenvalue weighted by Crippen LogP contribution is 2.27. The van der Waals surface area contributed by atoms with Crippen molar-refractivity contribution in [2.45, 2.75) is 39.7 Å². The van der Waals surface area contributed by atoms with Crippen LogP contribution in [0.5, 0.6) is 0 Å². The lowest BCUT2D eigenvalue weighted by molar-refractivity contribution is 0.625. The molecule has 0 spiro atoms. The van der Waals surface area contributed by atoms with Gasteiger partial charge in [-0.2, -0.15) is 10.3 Å². The average molecular weight is 374 g/mol. The van der Waals surface area contributed by atoms with Crippen molar-refractivity contribution in [2.24, 2.45) is 0 Å². The minimum atomic E-state index is 0.533. The van der Waals surface area contributed by atoms with Crippen LogP contribution < -0.4 is 0 Å². The quantitative estimate of drug-likeness (QED) is 0.534. The van der Waals surface area contributed by atoms with Crippen LogP contribution in [-0.2, 0) is 19.4 Å². The van der Waals surface area contributed by atoms with E-state index in [1.165, 1.54) is 5.56 Å². The van der Waals surface area contributed by atoms with E-state index in [0.29, 0.717) is 12.4 Å². The first-order valence-corrected chi connectivity index (χ1v) is 9.49. The van der Waals surface area contributed by atoms with Gasteiger partial charge in [0.2, 0.25) is 5.82 Å². The zero-order valence-electron chi connectivity index (χ0n) is 16.0. The van der Waals surface area contributed by atoms with Gasteiger partial charge in [-0.25, -0.2) is 9.67 Å². The Morgan fingerprint density at radius 2 is 1.93 bits per heavy atom. The smallest absolute Gasteiger partial charge is 0.206 e. The van der Waals surface area contributed by atoms with Crippen LogP contribution in [0.4, 0.5) is 0 Å². The first-order chi connectivity index (χ1) is 13.8. The maximum Gasteiger partial charge on any atom is 0.206 e. The van der Waals surface area contributed by atoms with E-state index >= 15 is 0 Å². The average Bonchev–Trinajstić information content (AvgIpc) is 3.39. The van der Waals surface area contributed by atoms with E-state index < -0.39 is 0 Å². The Kier molecular flexibility index (Phi) is 5.18. The molecule has 0 aliphatic carbocycles. The molecular weight excluding hydrogens is 352 g/mol. The van der Waals surface area contributed by atoms with E-state index in [-0.39, 0.29) is 0 Å². The standard InChI is InChI=1S/C20H22N8/c1-3-6-18-22-17(4-2)25-28(18)13-14-8-10-15(11-9-14)19-16(7-5-12-21-19)20-23-26-27-24-20/h5,7-12H,3-4,6,13H2,1-2H3,(H,23,24,26,27). The summed E-state index contributed by atoms with van der Waals surface area (Å²) in [5.74, 6) is 2.48. The molecule has 142 valence electrons. The highest BCUT2D eigenvalue weighted by molar-refractivity contribution is 5.76. The van der Waals surface area contributed by atoms with Gasteiger partial charge >= 0.3 is 0 Å². The van der Waals surface area contributed by atoms with E-state index in [9.17, 15) is 0 Å². The Balaban J connectivity index is 1.60. The van der Waals surface area contributed by atoms with E-state index in [2.05, 4.69) is 73.8 Å². The molecule has 8 heteroatoms. The number of aromatic amines is 1. The van der Waals surface area contributed by atoms with Crippen LogP contribution in [0.2, 0.25) is 0 Å². The number of pyridine rings is 1. The molecule has 4 aromatic rings. The fraction of sp³-hybridized carbons (Fsp3) is 0.300. The lowest BCUT2D eigenvalue weighted by Gasteiger charge is -2.08. The van der Waals surface area contributed by atoms with Gasteiger partial charge in [0.25, 0.3) is 0 Å². The molecule has 0 aliphatic rings. The van der Waals surface area contributed by atoms with Gasteiger partial charge in [-0.1, -0.05) is 38.1 Å². The Hall–Kier alpha value is -3.42. The largest absolute Gasteiger partial charge is 0.255 e. The lowest BCUT2D eigenvalue weighted by Crippen LogP contribution is -2.07. The SMILES string of the molecule is CCCc1nc(CC)nn1Cc1ccc(-c2ncccc2-c2nn[nH]n2)cc1. The minimum Gasteiger partial charge on any atom is -0.255 e. The number of benzene rings is 1. The van der Waals surface area contributed by atoms with Gasteiger partial charge < -0.3 is 0 Å². The third-order valence-electron chi connectivity index (χ3n) is 4.54. The minimum absolute atomic E-state index is 0.533. The number of hydrogen-bond donors (Lipinski definition) is 1. The summed E-state index contributed by atoms with van der Waals surface area (Å²) in [5, 5.41) is 18.9. The predicted molar refractivity (Wildman–Crippen MR) is 105 cm³/mol. The number of aromatic nitrogens is 8. The lowest BCUT2D eigenvalue weighted by atomic mass is 10.0. The summed E-state index contributed by atoms with van der Waals surface area (Å²) in [5.41, 5.74) is 3.85. The van der Waals surface area contributed by atoms with E-state index in [0.717, 1.165) is 47.7 Å². The van der Waals surface area contributed by atoms with Gasteiger partial charge in [-0.15, -0.1) is 10.2 Å². The van der Waals surface area contributed by atoms with Crippen molar-refractivity contribution >= 4 is 0 Å². The van der Waals surface area contributed by atoms with Crippen LogP contribution in [0.1, 0.15) is 37.5 Å². The molecule has 0 amide bonds. The van der Waals surface area contributed by atoms with Crippen molar-refractivity contribution in [1.82, 2.24) is 40.4 Å². The summed E-state index contributed by atoms with van der Waals surface area (Å²) >= 11 is 0. The molecule has 28 heavy (non-hydrogen) atoms. The van der Waals surface area contributed by atoms with Crippen molar-refractivity contribution in [3.05, 3.63) is 59.8 Å². The number of nitrogens with one attached hydrogen (secondary N) is 1. The summed E-state index contributed by atoms with van der Waals surface area (Å²) in [6.45, 7) is 4.95. The fourth-order valence-electron chi connectivity index (χ4n) is 3.14. The molecule has 1 N–H and O–H groups in total. The second kappa shape index (κ2) is 8.08. The molecule has 0 unspecified atom stereocenters. The molecule has 8 nitrogen and oxygen atoms in total. The van der Waals surface area contributed by atoms with Crippen molar-refractivity contribution in [3.63, 3.8) is 0 Å². The molecule has 3 aromatic heterocycles. The Labute approximate surface area is 163 Å². The molecule has 0 saturated heterocycles. The van der Waals surface area contributed by atoms with Gasteiger partial charge in [-0.3, -0.25) is 4.98 Å². The van der Waals surface area contributed by atoms with Gasteiger partial charge in [0.15, 0.2) is 5.82 Å². The van der Waals surface area contributed by atoms with Gasteiger partial charge in [0.1, 0.15) is 5.82 Å². The van der Waals surface area contributed by atoms with Crippen LogP contribution in [0, 0.1) is 0 Å². The van der Waals surface area contributed by atoms with Crippen molar-refractivity contribution in [2.75, 3.05) is 0 Å². The van der Waals surface area contributed by atoms with Crippen LogP contribution >= 0.6 is 0 Å². The molecule has 0 bridgehead atoms. The molecule has 0 saturated carbocycles. The normalized spacial score (nSPS) is 11.1. The first-order valence-electron chi connectivity index (χ1n) is 9.49. The molecule has 0 aliphatic heterocycles. The van der Waals surface area contributed by atoms with Gasteiger partial charge in [-0.05, 0) is 29.3 Å². The Morgan fingerprint density at radius 1 is 1.07 bits per heavy atom. The zero-order chi connectivity index (χ0) is 19.3. The molecule has 0 atom stereocenters. The van der Waals surface area contributed by atoms with Crippen molar-refractivity contribution in [3.8, 4) is 22.6 Å². The van der Waals surface area contributed by atoms with Crippen molar-refractivity contribution in [1.29, 1.82) is 0 Å². The van der Waals surface area contributed by atoms with Crippen LogP contribution in [0.25, 0.3) is 22.6 Å². The van der Waals surface area contributed by atoms with Crippen LogP contribution in [0.3, 0.4) is 0 Å². The topological polar surface area (TPSA) is 98.1 Å². The first kappa shape index (κ1) is 18.0. The molecule has 3 heterocycles. The maximum atomic E-state index is 4.64. The summed E-state index contributed by atoms with van der Waals surface area (Å²) in [6.07, 6.45) is 4.61. The highest BCUT2D eigenvalue weighted by atomic mass is 15.5. The van der Waals surface area contributed by atoms with Crippen LogP contribution in [-0.4, -0.2) is 40.4 Å². The van der Waals surface area contributed by atoms with E-state index in [1.807, 2.05) is 16.8 Å². The summed E-state index contributed by atoms with van der Waals surface area (Å²) in [6, 6.07) is 12.2. The van der Waals surface area contributed by atoms with E-state index in [1.54, 1.807) is 6.20 Å². The predicted octanol–water partition coefficient (Wildman–Crippen LogP) is 3.08. The summed E-state index contributed by atoms with van der Waals surface area (Å²) in [7, 11) is 0. The van der Waals surface area contributed by atoms with Gasteiger partial charge in [0.05, 0.1) is 12.2 Å². The summed E-state index contributed by atoms with van der Waals surface area (Å²) < 4.78 is 2.02. The highest BCUT2D eigenvalue weighted by Gasteiger charge is 2.13. The zero-order valence-corrected chi connectivity index (χ0v) is 16.0. The fourth-order valence-corrected chi connectivity index (χ4v) is 3.14. The molecule has 1 aromatic carbocycles. The number of aryl methyl sites for hydroxylation is 2. The maximum absolute atomic E-state index is 4.64. The van der Waals surface area contributed by atoms with Gasteiger partial charge in [0, 0.05) is 30.2 Å². The van der Waals surface area contributed by atoms with E-state index in [4.69, 9.17) is 0 Å². The molecule has 0 fully saturated rings. The molecule has 0 radical (unpaired) electrons. The summed E-state index contributed by atoms with van der Waals surface area (Å²) in [4.78, 5) is 9.16. The number of rotatable bonds is 7. The second-order valence-corrected chi connectivity index (χ2v) is 6.54. The number of hydrogen-bond acceptors (Lipinski definition) is 6. The Bertz CT molecular complexity index is 1030. The number of H-pyrrole nitrogens is 1. The number of tetrazole rings is 1. The third kappa shape index (κ3) is 3.66.